The predicted octanol–water partition coefficient (Wildman–Crippen LogP) is 4.00. The number of hydrogen-bond acceptors (Lipinski definition) is 4. The number of ketones is 1. The number of aryl methyl sites for hydroxylation is 1. The molecule has 0 fully saturated rings. The van der Waals surface area contributed by atoms with Crippen LogP contribution in [0.2, 0.25) is 5.02 Å². The van der Waals surface area contributed by atoms with E-state index in [0.717, 1.165) is 0 Å². The summed E-state index contributed by atoms with van der Waals surface area (Å²) in [5, 5.41) is 10.9. The van der Waals surface area contributed by atoms with E-state index in [1.807, 2.05) is 11.5 Å². The molecule has 0 aliphatic carbocycles. The normalized spacial score (nSPS) is 11.1. The quantitative estimate of drug-likeness (QED) is 0.513. The smallest absolute Gasteiger partial charge is 0.259 e. The molecule has 6 nitrogen and oxygen atoms in total. The van der Waals surface area contributed by atoms with Crippen LogP contribution in [0.5, 0.6) is 5.75 Å². The fourth-order valence-electron chi connectivity index (χ4n) is 3.15. The predicted molar refractivity (Wildman–Crippen MR) is 108 cm³/mol. The van der Waals surface area contributed by atoms with Crippen LogP contribution in [-0.4, -0.2) is 25.4 Å². The number of carbonyl (C=O) groups is 1. The number of hydrogen-bond donors (Lipinski definition) is 2. The van der Waals surface area contributed by atoms with Crippen LogP contribution in [0.4, 0.5) is 0 Å². The monoisotopic (exact) mass is 393 g/mol. The maximum Gasteiger partial charge on any atom is 0.259 e. The Bertz CT molecular complexity index is 1270. The zero-order chi connectivity index (χ0) is 19.8. The summed E-state index contributed by atoms with van der Waals surface area (Å²) < 4.78 is 1.82. The zero-order valence-electron chi connectivity index (χ0n) is 14.9. The van der Waals surface area contributed by atoms with E-state index in [9.17, 15) is 14.7 Å². The van der Waals surface area contributed by atoms with Gasteiger partial charge in [0.05, 0.1) is 22.2 Å². The Balaban J connectivity index is 1.85. The third-order valence-corrected chi connectivity index (χ3v) is 4.79. The molecule has 4 aromatic rings. The number of aromatic amines is 1. The van der Waals surface area contributed by atoms with Crippen molar-refractivity contribution in [2.24, 2.45) is 0 Å². The summed E-state index contributed by atoms with van der Waals surface area (Å²) in [7, 11) is 0. The Hall–Kier alpha value is -3.38. The molecule has 4 rings (SSSR count). The molecule has 0 spiro atoms. The second-order valence-corrected chi connectivity index (χ2v) is 6.76. The summed E-state index contributed by atoms with van der Waals surface area (Å²) in [5.41, 5.74) is 1.40. The molecule has 0 saturated carbocycles. The van der Waals surface area contributed by atoms with Crippen LogP contribution in [0.3, 0.4) is 0 Å². The van der Waals surface area contributed by atoms with Crippen molar-refractivity contribution in [3.05, 3.63) is 81.2 Å². The minimum Gasteiger partial charge on any atom is -0.507 e. The number of H-pyrrole nitrogens is 1. The molecule has 0 atom stereocenters. The molecule has 2 N–H and O–H groups in total. The number of aromatic hydroxyl groups is 1. The highest BCUT2D eigenvalue weighted by atomic mass is 35.5. The number of nitrogens with one attached hydrogen (secondary N) is 1. The van der Waals surface area contributed by atoms with Crippen molar-refractivity contribution < 1.29 is 9.90 Å². The summed E-state index contributed by atoms with van der Waals surface area (Å²) in [6.07, 6.45) is 1.69. The van der Waals surface area contributed by atoms with Gasteiger partial charge in [0.15, 0.2) is 11.6 Å². The molecule has 28 heavy (non-hydrogen) atoms. The fraction of sp³-hybridized carbons (Fsp3) is 0.0952. The first-order chi connectivity index (χ1) is 13.5. The number of halogens is 1. The molecule has 0 aliphatic rings. The van der Waals surface area contributed by atoms with Crippen molar-refractivity contribution in [1.82, 2.24) is 14.5 Å². The molecule has 0 unspecified atom stereocenters. The molecule has 2 aromatic carbocycles. The van der Waals surface area contributed by atoms with Gasteiger partial charge in [-0.3, -0.25) is 9.59 Å². The lowest BCUT2D eigenvalue weighted by Crippen LogP contribution is -2.11. The summed E-state index contributed by atoms with van der Waals surface area (Å²) in [6, 6.07) is 12.9. The van der Waals surface area contributed by atoms with Crippen LogP contribution in [-0.2, 0) is 6.54 Å². The molecule has 7 heteroatoms. The molecule has 2 aromatic heterocycles. The van der Waals surface area contributed by atoms with Gasteiger partial charge in [0.1, 0.15) is 5.75 Å². The molecule has 0 saturated heterocycles. The first-order valence-electron chi connectivity index (χ1n) is 8.70. The molecular formula is C21H16ClN3O3. The third-order valence-electron chi connectivity index (χ3n) is 4.56. The van der Waals surface area contributed by atoms with Gasteiger partial charge < -0.3 is 14.7 Å². The van der Waals surface area contributed by atoms with Gasteiger partial charge in [-0.2, -0.15) is 0 Å². The van der Waals surface area contributed by atoms with E-state index in [-0.39, 0.29) is 22.7 Å². The van der Waals surface area contributed by atoms with Crippen molar-refractivity contribution in [1.29, 1.82) is 0 Å². The second-order valence-electron chi connectivity index (χ2n) is 6.32. The Morgan fingerprint density at radius 2 is 2.00 bits per heavy atom. The highest BCUT2D eigenvalue weighted by molar-refractivity contribution is 6.31. The number of nitrogens with zero attached hydrogens (tertiary/aromatic N) is 2. The number of para-hydroxylation sites is 1. The van der Waals surface area contributed by atoms with Gasteiger partial charge in [-0.25, -0.2) is 4.98 Å². The number of phenols is 1. The minimum atomic E-state index is -0.308. The number of benzene rings is 2. The van der Waals surface area contributed by atoms with Crippen molar-refractivity contribution in [3.63, 3.8) is 0 Å². The van der Waals surface area contributed by atoms with Gasteiger partial charge in [-0.15, -0.1) is 0 Å². The summed E-state index contributed by atoms with van der Waals surface area (Å²) >= 11 is 6.03. The Morgan fingerprint density at radius 3 is 2.75 bits per heavy atom. The maximum absolute atomic E-state index is 12.8. The van der Waals surface area contributed by atoms with E-state index < -0.39 is 0 Å². The molecule has 0 aliphatic heterocycles. The average Bonchev–Trinajstić information content (AvgIpc) is 3.12. The van der Waals surface area contributed by atoms with Gasteiger partial charge >= 0.3 is 0 Å². The van der Waals surface area contributed by atoms with Crippen molar-refractivity contribution in [3.8, 4) is 17.3 Å². The maximum atomic E-state index is 12.8. The molecule has 0 bridgehead atoms. The van der Waals surface area contributed by atoms with E-state index in [1.54, 1.807) is 48.7 Å². The van der Waals surface area contributed by atoms with Crippen LogP contribution in [0, 0.1) is 0 Å². The lowest BCUT2D eigenvalue weighted by atomic mass is 10.0. The van der Waals surface area contributed by atoms with Crippen LogP contribution >= 0.6 is 11.6 Å². The summed E-state index contributed by atoms with van der Waals surface area (Å²) in [6.45, 7) is 2.49. The van der Waals surface area contributed by atoms with E-state index in [4.69, 9.17) is 11.6 Å². The molecule has 2 heterocycles. The first-order valence-corrected chi connectivity index (χ1v) is 9.08. The van der Waals surface area contributed by atoms with E-state index in [2.05, 4.69) is 9.97 Å². The van der Waals surface area contributed by atoms with Gasteiger partial charge in [0, 0.05) is 23.3 Å². The Kier molecular flexibility index (Phi) is 4.49. The second kappa shape index (κ2) is 6.98. The topological polar surface area (TPSA) is 88.0 Å². The summed E-state index contributed by atoms with van der Waals surface area (Å²) in [4.78, 5) is 32.6. The van der Waals surface area contributed by atoms with Crippen LogP contribution in [0.25, 0.3) is 22.4 Å². The van der Waals surface area contributed by atoms with Crippen LogP contribution in [0.15, 0.2) is 59.5 Å². The number of fused-ring (bicyclic) bond motifs is 1. The zero-order valence-corrected chi connectivity index (χ0v) is 15.7. The largest absolute Gasteiger partial charge is 0.507 e. The van der Waals surface area contributed by atoms with Crippen molar-refractivity contribution >= 4 is 28.3 Å². The minimum absolute atomic E-state index is 0.0785. The van der Waals surface area contributed by atoms with Crippen molar-refractivity contribution in [2.75, 3.05) is 0 Å². The fourth-order valence-corrected chi connectivity index (χ4v) is 3.32. The molecule has 140 valence electrons. The van der Waals surface area contributed by atoms with Crippen LogP contribution < -0.4 is 5.56 Å². The van der Waals surface area contributed by atoms with Crippen LogP contribution in [0.1, 0.15) is 22.8 Å². The van der Waals surface area contributed by atoms with E-state index in [1.165, 1.54) is 6.07 Å². The summed E-state index contributed by atoms with van der Waals surface area (Å²) in [5.74, 6) is -0.0409. The van der Waals surface area contributed by atoms with E-state index >= 15 is 0 Å². The molecule has 0 radical (unpaired) electrons. The lowest BCUT2D eigenvalue weighted by Gasteiger charge is -2.06. The Morgan fingerprint density at radius 1 is 1.21 bits per heavy atom. The highest BCUT2D eigenvalue weighted by Crippen LogP contribution is 2.25. The van der Waals surface area contributed by atoms with E-state index in [0.29, 0.717) is 39.6 Å². The number of phenolic OH excluding ortho intramolecular Hbond substituents is 1. The lowest BCUT2D eigenvalue weighted by molar-refractivity contribution is 0.103. The van der Waals surface area contributed by atoms with Crippen molar-refractivity contribution in [2.45, 2.75) is 13.5 Å². The first kappa shape index (κ1) is 18.0. The van der Waals surface area contributed by atoms with Gasteiger partial charge in [-0.05, 0) is 43.3 Å². The molecule has 0 amide bonds. The average molecular weight is 394 g/mol. The highest BCUT2D eigenvalue weighted by Gasteiger charge is 2.18. The van der Waals surface area contributed by atoms with Gasteiger partial charge in [0.2, 0.25) is 0 Å². The SMILES string of the molecule is CCn1cc(C(=O)c2ccccc2O)cc1-c1nc2cc(Cl)ccc2c(=O)[nH]1. The third kappa shape index (κ3) is 3.08. The van der Waals surface area contributed by atoms with Gasteiger partial charge in [0.25, 0.3) is 5.56 Å². The number of carbonyl (C=O) groups excluding carboxylic acids is 1. The standard InChI is InChI=1S/C21H16ClN3O3/c1-2-25-11-12(19(27)15-5-3-4-6-18(15)26)9-17(25)20-23-16-10-13(22)7-8-14(16)21(28)24-20/h3-11,26H,2H2,1H3,(H,23,24,28). The number of rotatable bonds is 4. The number of aromatic nitrogens is 3. The molecular weight excluding hydrogens is 378 g/mol. The Labute approximate surface area is 165 Å². The van der Waals surface area contributed by atoms with Gasteiger partial charge in [-0.1, -0.05) is 23.7 Å².